The minimum absolute atomic E-state index is 0.0364. The van der Waals surface area contributed by atoms with E-state index >= 15 is 0 Å². The van der Waals surface area contributed by atoms with Crippen molar-refractivity contribution in [3.8, 4) is 0 Å². The van der Waals surface area contributed by atoms with Gasteiger partial charge in [0.15, 0.2) is 11.3 Å². The first-order valence-corrected chi connectivity index (χ1v) is 17.0. The zero-order valence-corrected chi connectivity index (χ0v) is 27.5. The second-order valence-electron chi connectivity index (χ2n) is 11.9. The summed E-state index contributed by atoms with van der Waals surface area (Å²) in [6.07, 6.45) is 5.22. The maximum atomic E-state index is 14.3. The molecule has 7 rings (SSSR count). The molecule has 3 aromatic heterocycles. The molecule has 3 unspecified atom stereocenters. The molecule has 0 bridgehead atoms. The predicted octanol–water partition coefficient (Wildman–Crippen LogP) is 6.06. The second-order valence-corrected chi connectivity index (χ2v) is 13.3. The highest BCUT2D eigenvalue weighted by Gasteiger charge is 2.26. The summed E-state index contributed by atoms with van der Waals surface area (Å²) in [4.78, 5) is 30.3. The van der Waals surface area contributed by atoms with Gasteiger partial charge in [-0.2, -0.15) is 9.97 Å². The average Bonchev–Trinajstić information content (AvgIpc) is 3.59. The number of hydrogen-bond acceptors (Lipinski definition) is 10. The number of anilines is 5. The van der Waals surface area contributed by atoms with E-state index in [1.54, 1.807) is 24.4 Å². The summed E-state index contributed by atoms with van der Waals surface area (Å²) < 4.78 is 20.8. The van der Waals surface area contributed by atoms with Crippen LogP contribution in [0.25, 0.3) is 11.0 Å². The minimum Gasteiger partial charge on any atom is -0.605 e. The third kappa shape index (κ3) is 6.77. The van der Waals surface area contributed by atoms with Crippen LogP contribution < -0.4 is 26.4 Å². The number of fused-ring (bicyclic) bond motifs is 1. The summed E-state index contributed by atoms with van der Waals surface area (Å²) in [5.74, 6) is 0.635. The fraction of sp³-hybridized carbons (Fsp3) is 0.222. The number of benzene rings is 3. The molecule has 0 amide bonds. The van der Waals surface area contributed by atoms with E-state index < -0.39 is 11.2 Å². The van der Waals surface area contributed by atoms with Gasteiger partial charge in [-0.15, -0.1) is 0 Å². The van der Waals surface area contributed by atoms with Gasteiger partial charge >= 0.3 is 0 Å². The van der Waals surface area contributed by atoms with E-state index in [9.17, 15) is 9.35 Å². The van der Waals surface area contributed by atoms with Crippen LogP contribution in [-0.4, -0.2) is 49.7 Å². The first kappa shape index (κ1) is 31.4. The summed E-state index contributed by atoms with van der Waals surface area (Å²) in [6.45, 7) is 3.12. The maximum absolute atomic E-state index is 14.3. The van der Waals surface area contributed by atoms with E-state index in [0.717, 1.165) is 36.4 Å². The lowest BCUT2D eigenvalue weighted by molar-refractivity contribution is 0.399. The molecular formula is C36H36N8O3S. The molecule has 48 heavy (non-hydrogen) atoms. The van der Waals surface area contributed by atoms with E-state index in [1.807, 2.05) is 84.7 Å². The molecule has 0 saturated carbocycles. The highest BCUT2D eigenvalue weighted by atomic mass is 32.2. The van der Waals surface area contributed by atoms with Gasteiger partial charge in [0.1, 0.15) is 11.3 Å². The lowest BCUT2D eigenvalue weighted by Crippen LogP contribution is -2.43. The minimum atomic E-state index is -1.61. The number of oxazole rings is 1. The Hall–Kier alpha value is -5.17. The van der Waals surface area contributed by atoms with Crippen LogP contribution in [0.3, 0.4) is 0 Å². The van der Waals surface area contributed by atoms with Crippen LogP contribution >= 0.6 is 0 Å². The first-order chi connectivity index (χ1) is 23.4. The van der Waals surface area contributed by atoms with Crippen LogP contribution in [0.1, 0.15) is 25.5 Å². The van der Waals surface area contributed by atoms with Gasteiger partial charge in [-0.3, -0.25) is 9.36 Å². The van der Waals surface area contributed by atoms with Crippen molar-refractivity contribution in [3.05, 3.63) is 120 Å². The lowest BCUT2D eigenvalue weighted by atomic mass is 10.0. The molecule has 0 aliphatic carbocycles. The summed E-state index contributed by atoms with van der Waals surface area (Å²) in [5, 5.41) is 11.3. The quantitative estimate of drug-likeness (QED) is 0.149. The third-order valence-corrected chi connectivity index (χ3v) is 9.91. The van der Waals surface area contributed by atoms with Gasteiger partial charge in [-0.05, 0) is 74.4 Å². The van der Waals surface area contributed by atoms with Crippen LogP contribution in [0.4, 0.5) is 28.7 Å². The Kier molecular flexibility index (Phi) is 9.10. The normalized spacial score (nSPS) is 16.8. The lowest BCUT2D eigenvalue weighted by Gasteiger charge is -2.29. The zero-order valence-electron chi connectivity index (χ0n) is 26.7. The summed E-state index contributed by atoms with van der Waals surface area (Å²) in [6, 6.07) is 29.4. The van der Waals surface area contributed by atoms with Gasteiger partial charge in [0.2, 0.25) is 11.7 Å². The van der Waals surface area contributed by atoms with Gasteiger partial charge in [-0.25, -0.2) is 4.98 Å². The van der Waals surface area contributed by atoms with Crippen molar-refractivity contribution >= 4 is 50.9 Å². The van der Waals surface area contributed by atoms with E-state index in [0.29, 0.717) is 45.4 Å². The molecule has 12 heteroatoms. The molecule has 0 spiro atoms. The molecule has 1 aliphatic heterocycles. The van der Waals surface area contributed by atoms with Gasteiger partial charge in [0.05, 0.1) is 6.54 Å². The van der Waals surface area contributed by atoms with Crippen molar-refractivity contribution in [2.24, 2.45) is 0 Å². The fourth-order valence-corrected chi connectivity index (χ4v) is 6.92. The van der Waals surface area contributed by atoms with Crippen molar-refractivity contribution in [2.75, 3.05) is 29.1 Å². The maximum Gasteiger partial charge on any atom is 0.293 e. The van der Waals surface area contributed by atoms with Crippen LogP contribution in [-0.2, 0) is 17.7 Å². The average molecular weight is 661 g/mol. The molecule has 6 aromatic rings. The van der Waals surface area contributed by atoms with E-state index in [1.165, 1.54) is 11.0 Å². The molecule has 3 aromatic carbocycles. The number of para-hydroxylation sites is 1. The highest BCUT2D eigenvalue weighted by Crippen LogP contribution is 2.28. The largest absolute Gasteiger partial charge is 0.605 e. The first-order valence-electron chi connectivity index (χ1n) is 15.9. The van der Waals surface area contributed by atoms with Crippen molar-refractivity contribution in [1.82, 2.24) is 24.8 Å². The molecule has 1 saturated heterocycles. The molecule has 0 radical (unpaired) electrons. The smallest absolute Gasteiger partial charge is 0.293 e. The molecular weight excluding hydrogens is 625 g/mol. The van der Waals surface area contributed by atoms with Gasteiger partial charge in [0.25, 0.3) is 10.6 Å². The van der Waals surface area contributed by atoms with Crippen molar-refractivity contribution in [1.29, 1.82) is 0 Å². The van der Waals surface area contributed by atoms with E-state index in [4.69, 9.17) is 9.40 Å². The zero-order chi connectivity index (χ0) is 33.0. The second kappa shape index (κ2) is 13.9. The fourth-order valence-electron chi connectivity index (χ4n) is 5.83. The predicted molar refractivity (Wildman–Crippen MR) is 189 cm³/mol. The Morgan fingerprint density at radius 2 is 1.73 bits per heavy atom. The molecule has 244 valence electrons. The third-order valence-electron chi connectivity index (χ3n) is 8.52. The Balaban J connectivity index is 1.22. The van der Waals surface area contributed by atoms with E-state index in [2.05, 4.69) is 32.8 Å². The number of pyridine rings is 1. The number of nitrogens with zero attached hydrogens (tertiary/aromatic N) is 5. The van der Waals surface area contributed by atoms with E-state index in [-0.39, 0.29) is 17.1 Å². The molecule has 3 N–H and O–H groups in total. The number of rotatable bonds is 10. The molecule has 4 heterocycles. The SMILES string of the molecule is CC1CCC(Nc2ccc(Nc3ncc4cc(N(C)c5ccccc5)c(=O)n(Cc5ocnc5[S+]([O-])c5ccccc5)c4n3)cc2)CN1. The van der Waals surface area contributed by atoms with Crippen molar-refractivity contribution < 1.29 is 8.97 Å². The monoisotopic (exact) mass is 660 g/mol. The Bertz CT molecular complexity index is 2050. The topological polar surface area (TPSA) is 136 Å². The van der Waals surface area contributed by atoms with Crippen LogP contribution in [0, 0.1) is 0 Å². The van der Waals surface area contributed by atoms with Crippen LogP contribution in [0.2, 0.25) is 0 Å². The van der Waals surface area contributed by atoms with Crippen molar-refractivity contribution in [3.63, 3.8) is 0 Å². The van der Waals surface area contributed by atoms with Gasteiger partial charge in [-0.1, -0.05) is 36.4 Å². The van der Waals surface area contributed by atoms with Gasteiger partial charge < -0.3 is 29.8 Å². The number of piperidine rings is 1. The molecule has 1 fully saturated rings. The molecule has 11 nitrogen and oxygen atoms in total. The summed E-state index contributed by atoms with van der Waals surface area (Å²) in [5.41, 5.74) is 3.22. The Labute approximate surface area is 281 Å². The summed E-state index contributed by atoms with van der Waals surface area (Å²) >= 11 is -1.61. The van der Waals surface area contributed by atoms with Gasteiger partial charge in [0, 0.05) is 65.5 Å². The van der Waals surface area contributed by atoms with Crippen molar-refractivity contribution in [2.45, 2.75) is 48.3 Å². The Morgan fingerprint density at radius 3 is 2.46 bits per heavy atom. The number of aromatic nitrogens is 4. The molecule has 1 aliphatic rings. The highest BCUT2D eigenvalue weighted by molar-refractivity contribution is 7.91. The van der Waals surface area contributed by atoms with Crippen LogP contribution in [0.5, 0.6) is 0 Å². The summed E-state index contributed by atoms with van der Waals surface area (Å²) in [7, 11) is 1.84. The molecule has 3 atom stereocenters. The Morgan fingerprint density at radius 1 is 1.00 bits per heavy atom. The standard InChI is InChI=1S/C36H36N8O3S/c1-24-13-14-28(21-37-24)40-26-15-17-27(18-16-26)41-36-38-20-25-19-31(43(2)29-9-5-3-6-10-29)35(45)44(33(25)42-36)22-32-34(39-23-47-32)48(46)30-11-7-4-8-12-30/h3-12,15-20,23-24,28,37,40H,13-14,21-22H2,1-2H3,(H,38,41,42). The number of hydrogen-bond donors (Lipinski definition) is 3. The van der Waals surface area contributed by atoms with Crippen LogP contribution in [0.15, 0.2) is 123 Å². The number of nitrogens with one attached hydrogen (secondary N) is 3.